The van der Waals surface area contributed by atoms with Crippen LogP contribution in [0.1, 0.15) is 42.2 Å². The van der Waals surface area contributed by atoms with Crippen molar-refractivity contribution in [2.45, 2.75) is 36.6 Å². The standard InChI is InChI=1S/C24H26N2O4S/c27-23(25-24(22-10-7-17-30-22)20-8-3-1-4-9-20)18-19-11-13-21(14-12-19)31(28,29)26-15-5-2-6-16-26/h1,3-4,7-14,17,24H,2,5-6,15-16,18H2,(H,25,27). The van der Waals surface area contributed by atoms with Gasteiger partial charge in [0.05, 0.1) is 17.6 Å². The number of piperidine rings is 1. The lowest BCUT2D eigenvalue weighted by molar-refractivity contribution is -0.121. The summed E-state index contributed by atoms with van der Waals surface area (Å²) in [4.78, 5) is 13.0. The van der Waals surface area contributed by atoms with E-state index in [2.05, 4.69) is 5.32 Å². The van der Waals surface area contributed by atoms with Gasteiger partial charge in [-0.15, -0.1) is 0 Å². The summed E-state index contributed by atoms with van der Waals surface area (Å²) in [6, 6.07) is 19.5. The molecule has 1 unspecified atom stereocenters. The van der Waals surface area contributed by atoms with Crippen LogP contribution in [-0.2, 0) is 21.2 Å². The Morgan fingerprint density at radius 1 is 0.935 bits per heavy atom. The molecule has 2 heterocycles. The number of hydrogen-bond donors (Lipinski definition) is 1. The molecule has 1 fully saturated rings. The lowest BCUT2D eigenvalue weighted by atomic mass is 10.0. The summed E-state index contributed by atoms with van der Waals surface area (Å²) in [5.74, 6) is 0.486. The number of nitrogens with one attached hydrogen (secondary N) is 1. The molecule has 0 bridgehead atoms. The normalized spacial score (nSPS) is 16.0. The van der Waals surface area contributed by atoms with Crippen LogP contribution < -0.4 is 5.32 Å². The molecule has 0 spiro atoms. The Balaban J connectivity index is 1.44. The average molecular weight is 439 g/mol. The van der Waals surface area contributed by atoms with Crippen molar-refractivity contribution < 1.29 is 17.6 Å². The van der Waals surface area contributed by atoms with Gasteiger partial charge >= 0.3 is 0 Å². The van der Waals surface area contributed by atoms with E-state index >= 15 is 0 Å². The summed E-state index contributed by atoms with van der Waals surface area (Å²) in [6.07, 6.45) is 4.60. The Kier molecular flexibility index (Phi) is 6.53. The highest BCUT2D eigenvalue weighted by Gasteiger charge is 2.26. The lowest BCUT2D eigenvalue weighted by Gasteiger charge is -2.25. The summed E-state index contributed by atoms with van der Waals surface area (Å²) >= 11 is 0. The first-order valence-electron chi connectivity index (χ1n) is 10.5. The van der Waals surface area contributed by atoms with Crippen LogP contribution >= 0.6 is 0 Å². The zero-order chi connectivity index (χ0) is 21.7. The molecule has 0 radical (unpaired) electrons. The Hall–Kier alpha value is -2.90. The van der Waals surface area contributed by atoms with Gasteiger partial charge in [-0.2, -0.15) is 4.31 Å². The van der Waals surface area contributed by atoms with Crippen molar-refractivity contribution in [1.29, 1.82) is 0 Å². The van der Waals surface area contributed by atoms with Gasteiger partial charge in [-0.3, -0.25) is 4.79 Å². The highest BCUT2D eigenvalue weighted by molar-refractivity contribution is 7.89. The number of carbonyl (C=O) groups is 1. The predicted molar refractivity (Wildman–Crippen MR) is 118 cm³/mol. The molecule has 0 aliphatic carbocycles. The summed E-state index contributed by atoms with van der Waals surface area (Å²) in [5.41, 5.74) is 1.68. The second-order valence-electron chi connectivity index (χ2n) is 7.71. The average Bonchev–Trinajstić information content (AvgIpc) is 3.34. The van der Waals surface area contributed by atoms with Crippen molar-refractivity contribution in [2.24, 2.45) is 0 Å². The molecular weight excluding hydrogens is 412 g/mol. The summed E-state index contributed by atoms with van der Waals surface area (Å²) in [7, 11) is -3.47. The number of benzene rings is 2. The van der Waals surface area contributed by atoms with Crippen LogP contribution in [0.4, 0.5) is 0 Å². The largest absolute Gasteiger partial charge is 0.467 e. The molecule has 7 heteroatoms. The van der Waals surface area contributed by atoms with Crippen LogP contribution in [0.3, 0.4) is 0 Å². The number of rotatable bonds is 7. The Morgan fingerprint density at radius 3 is 2.29 bits per heavy atom. The van der Waals surface area contributed by atoms with Gasteiger partial charge in [0.1, 0.15) is 11.8 Å². The van der Waals surface area contributed by atoms with E-state index in [1.807, 2.05) is 36.4 Å². The monoisotopic (exact) mass is 438 g/mol. The van der Waals surface area contributed by atoms with E-state index in [-0.39, 0.29) is 23.3 Å². The van der Waals surface area contributed by atoms with Crippen LogP contribution in [0.5, 0.6) is 0 Å². The van der Waals surface area contributed by atoms with E-state index in [0.717, 1.165) is 30.4 Å². The molecule has 1 N–H and O–H groups in total. The second kappa shape index (κ2) is 9.49. The van der Waals surface area contributed by atoms with Crippen LogP contribution in [0.15, 0.2) is 82.3 Å². The fourth-order valence-corrected chi connectivity index (χ4v) is 5.37. The molecule has 1 saturated heterocycles. The van der Waals surface area contributed by atoms with Crippen LogP contribution in [0, 0.1) is 0 Å². The van der Waals surface area contributed by atoms with Gasteiger partial charge < -0.3 is 9.73 Å². The number of amides is 1. The fraction of sp³-hybridized carbons (Fsp3) is 0.292. The molecule has 1 aromatic heterocycles. The SMILES string of the molecule is O=C(Cc1ccc(S(=O)(=O)N2CCCCC2)cc1)NC(c1ccccc1)c1ccco1. The van der Waals surface area contributed by atoms with Crippen molar-refractivity contribution in [2.75, 3.05) is 13.1 Å². The maximum Gasteiger partial charge on any atom is 0.243 e. The molecule has 4 rings (SSSR count). The van der Waals surface area contributed by atoms with E-state index in [1.165, 1.54) is 0 Å². The first kappa shape index (κ1) is 21.3. The van der Waals surface area contributed by atoms with E-state index < -0.39 is 10.0 Å². The second-order valence-corrected chi connectivity index (χ2v) is 9.65. The minimum absolute atomic E-state index is 0.147. The fourth-order valence-electron chi connectivity index (χ4n) is 3.85. The Morgan fingerprint density at radius 2 is 1.65 bits per heavy atom. The zero-order valence-corrected chi connectivity index (χ0v) is 18.1. The van der Waals surface area contributed by atoms with Crippen molar-refractivity contribution in [3.63, 3.8) is 0 Å². The van der Waals surface area contributed by atoms with Gasteiger partial charge in [0.2, 0.25) is 15.9 Å². The number of hydrogen-bond acceptors (Lipinski definition) is 4. The van der Waals surface area contributed by atoms with Gasteiger partial charge in [0.15, 0.2) is 0 Å². The van der Waals surface area contributed by atoms with Crippen LogP contribution in [0.25, 0.3) is 0 Å². The van der Waals surface area contributed by atoms with Crippen LogP contribution in [0.2, 0.25) is 0 Å². The Labute approximate surface area is 182 Å². The predicted octanol–water partition coefficient (Wildman–Crippen LogP) is 3.90. The number of carbonyl (C=O) groups excluding carboxylic acids is 1. The smallest absolute Gasteiger partial charge is 0.243 e. The quantitative estimate of drug-likeness (QED) is 0.607. The van der Waals surface area contributed by atoms with Gasteiger partial charge in [-0.1, -0.05) is 48.9 Å². The van der Waals surface area contributed by atoms with Gasteiger partial charge in [0, 0.05) is 13.1 Å². The molecule has 6 nitrogen and oxygen atoms in total. The third kappa shape index (κ3) is 5.06. The molecule has 1 atom stereocenters. The van der Waals surface area contributed by atoms with Gasteiger partial charge in [0.25, 0.3) is 0 Å². The number of sulfonamides is 1. The van der Waals surface area contributed by atoms with E-state index in [0.29, 0.717) is 18.8 Å². The zero-order valence-electron chi connectivity index (χ0n) is 17.2. The van der Waals surface area contributed by atoms with Crippen molar-refractivity contribution in [1.82, 2.24) is 9.62 Å². The molecule has 1 aliphatic heterocycles. The maximum atomic E-state index is 12.8. The van der Waals surface area contributed by atoms with Crippen molar-refractivity contribution >= 4 is 15.9 Å². The van der Waals surface area contributed by atoms with Gasteiger partial charge in [-0.05, 0) is 48.2 Å². The topological polar surface area (TPSA) is 79.6 Å². The third-order valence-electron chi connectivity index (χ3n) is 5.51. The molecule has 2 aromatic carbocycles. The first-order chi connectivity index (χ1) is 15.0. The Bertz CT molecular complexity index is 1090. The minimum atomic E-state index is -3.47. The first-order valence-corrected chi connectivity index (χ1v) is 11.9. The molecule has 31 heavy (non-hydrogen) atoms. The van der Waals surface area contributed by atoms with Crippen molar-refractivity contribution in [3.8, 4) is 0 Å². The summed E-state index contributed by atoms with van der Waals surface area (Å²) in [6.45, 7) is 1.14. The van der Waals surface area contributed by atoms with Crippen LogP contribution in [-0.4, -0.2) is 31.7 Å². The van der Waals surface area contributed by atoms with Crippen molar-refractivity contribution in [3.05, 3.63) is 89.9 Å². The van der Waals surface area contributed by atoms with E-state index in [4.69, 9.17) is 4.42 Å². The minimum Gasteiger partial charge on any atom is -0.467 e. The van der Waals surface area contributed by atoms with Gasteiger partial charge in [-0.25, -0.2) is 8.42 Å². The highest BCUT2D eigenvalue weighted by atomic mass is 32.2. The van der Waals surface area contributed by atoms with E-state index in [1.54, 1.807) is 40.9 Å². The molecule has 3 aromatic rings. The number of nitrogens with zero attached hydrogens (tertiary/aromatic N) is 1. The molecule has 162 valence electrons. The number of furan rings is 1. The summed E-state index contributed by atoms with van der Waals surface area (Å²) < 4.78 is 32.7. The molecular formula is C24H26N2O4S. The molecule has 1 aliphatic rings. The maximum absolute atomic E-state index is 12.8. The molecule has 0 saturated carbocycles. The van der Waals surface area contributed by atoms with E-state index in [9.17, 15) is 13.2 Å². The summed E-state index contributed by atoms with van der Waals surface area (Å²) in [5, 5.41) is 3.02. The lowest BCUT2D eigenvalue weighted by Crippen LogP contribution is -2.35. The third-order valence-corrected chi connectivity index (χ3v) is 7.42. The highest BCUT2D eigenvalue weighted by Crippen LogP contribution is 2.23. The molecule has 1 amide bonds.